The van der Waals surface area contributed by atoms with E-state index in [0.29, 0.717) is 59.9 Å². The molecule has 204 valence electrons. The summed E-state index contributed by atoms with van der Waals surface area (Å²) < 4.78 is 124. The van der Waals surface area contributed by atoms with Gasteiger partial charge in [-0.25, -0.2) is 13.2 Å². The quantitative estimate of drug-likeness (QED) is 0.204. The van der Waals surface area contributed by atoms with Crippen molar-refractivity contribution in [3.05, 3.63) is 102 Å². The van der Waals surface area contributed by atoms with Crippen LogP contribution in [0.3, 0.4) is 0 Å². The normalized spacial score (nSPS) is 11.8. The van der Waals surface area contributed by atoms with Gasteiger partial charge < -0.3 is 14.2 Å². The molecule has 0 amide bonds. The molecule has 39 heavy (non-hydrogen) atoms. The highest BCUT2D eigenvalue weighted by molar-refractivity contribution is 5.71. The van der Waals surface area contributed by atoms with Crippen LogP contribution in [-0.2, 0) is 6.11 Å². The smallest absolute Gasteiger partial charge is 0.494 e. The molecule has 4 rings (SSSR count). The molecule has 0 aliphatic heterocycles. The van der Waals surface area contributed by atoms with Gasteiger partial charge in [0.1, 0.15) is 40.3 Å². The van der Waals surface area contributed by atoms with Gasteiger partial charge in [-0.05, 0) is 78.2 Å². The highest BCUT2D eigenvalue weighted by atomic mass is 19.4. The van der Waals surface area contributed by atoms with Crippen LogP contribution in [0.5, 0.6) is 17.2 Å². The van der Waals surface area contributed by atoms with Gasteiger partial charge >= 0.3 is 12.5 Å². The molecule has 0 aromatic heterocycles. The Balaban J connectivity index is 1.57. The summed E-state index contributed by atoms with van der Waals surface area (Å²) >= 11 is 0. The Kier molecular flexibility index (Phi) is 7.71. The molecule has 4 aromatic carbocycles. The maximum Gasteiger partial charge on any atom is 0.573 e. The molecule has 0 aliphatic rings. The van der Waals surface area contributed by atoms with Crippen molar-refractivity contribution in [1.29, 1.82) is 0 Å². The van der Waals surface area contributed by atoms with Crippen molar-refractivity contribution in [3.8, 4) is 39.5 Å². The summed E-state index contributed by atoms with van der Waals surface area (Å²) in [6, 6.07) is 14.6. The average molecular weight is 554 g/mol. The van der Waals surface area contributed by atoms with Crippen molar-refractivity contribution in [3.63, 3.8) is 0 Å². The minimum atomic E-state index is -5.00. The lowest BCUT2D eigenvalue weighted by Gasteiger charge is -2.20. The molecule has 0 fully saturated rings. The summed E-state index contributed by atoms with van der Waals surface area (Å²) in [4.78, 5) is 0. The fourth-order valence-electron chi connectivity index (χ4n) is 3.75. The number of halogens is 8. The molecular formula is C28H18F8O3. The molecular weight excluding hydrogens is 536 g/mol. The summed E-state index contributed by atoms with van der Waals surface area (Å²) in [5.74, 6) is -5.07. The number of hydrogen-bond acceptors (Lipinski definition) is 3. The van der Waals surface area contributed by atoms with E-state index >= 15 is 0 Å². The predicted molar refractivity (Wildman–Crippen MR) is 126 cm³/mol. The van der Waals surface area contributed by atoms with Crippen LogP contribution in [0.1, 0.15) is 12.5 Å². The van der Waals surface area contributed by atoms with Crippen LogP contribution in [0.25, 0.3) is 22.3 Å². The Morgan fingerprint density at radius 3 is 1.56 bits per heavy atom. The highest BCUT2D eigenvalue weighted by Crippen LogP contribution is 2.38. The van der Waals surface area contributed by atoms with E-state index in [1.165, 1.54) is 12.1 Å². The maximum absolute atomic E-state index is 14.9. The van der Waals surface area contributed by atoms with Crippen LogP contribution >= 0.6 is 0 Å². The van der Waals surface area contributed by atoms with E-state index in [9.17, 15) is 35.1 Å². The van der Waals surface area contributed by atoms with Gasteiger partial charge in [0.25, 0.3) is 0 Å². The highest BCUT2D eigenvalue weighted by Gasteiger charge is 2.41. The van der Waals surface area contributed by atoms with Gasteiger partial charge in [-0.1, -0.05) is 24.3 Å². The predicted octanol–water partition coefficient (Wildman–Crippen LogP) is 8.86. The van der Waals surface area contributed by atoms with Gasteiger partial charge in [-0.2, -0.15) is 8.78 Å². The van der Waals surface area contributed by atoms with Crippen LogP contribution in [0.2, 0.25) is 0 Å². The Bertz CT molecular complexity index is 1430. The number of hydrogen-bond donors (Lipinski definition) is 0. The van der Waals surface area contributed by atoms with Gasteiger partial charge in [0.15, 0.2) is 0 Å². The minimum absolute atomic E-state index is 0.237. The van der Waals surface area contributed by atoms with Gasteiger partial charge in [0.05, 0.1) is 6.61 Å². The van der Waals surface area contributed by atoms with Crippen LogP contribution in [-0.4, -0.2) is 13.0 Å². The fourth-order valence-corrected chi connectivity index (χ4v) is 3.75. The van der Waals surface area contributed by atoms with Crippen molar-refractivity contribution in [2.45, 2.75) is 19.4 Å². The van der Waals surface area contributed by atoms with Crippen molar-refractivity contribution < 1.29 is 49.3 Å². The third-order valence-corrected chi connectivity index (χ3v) is 5.42. The van der Waals surface area contributed by atoms with Gasteiger partial charge in [0.2, 0.25) is 0 Å². The minimum Gasteiger partial charge on any atom is -0.494 e. The fraction of sp³-hybridized carbons (Fsp3) is 0.143. The zero-order chi connectivity index (χ0) is 28.4. The van der Waals surface area contributed by atoms with E-state index < -0.39 is 47.0 Å². The molecule has 11 heteroatoms. The molecule has 0 radical (unpaired) electrons. The van der Waals surface area contributed by atoms with Crippen molar-refractivity contribution in [1.82, 2.24) is 0 Å². The van der Waals surface area contributed by atoms with E-state index in [2.05, 4.69) is 9.47 Å². The van der Waals surface area contributed by atoms with Crippen molar-refractivity contribution in [2.24, 2.45) is 0 Å². The largest absolute Gasteiger partial charge is 0.573 e. The number of benzene rings is 4. The Hall–Kier alpha value is -4.28. The first kappa shape index (κ1) is 27.7. The van der Waals surface area contributed by atoms with Crippen LogP contribution in [0.4, 0.5) is 35.1 Å². The lowest BCUT2D eigenvalue weighted by atomic mass is 9.98. The molecule has 0 spiro atoms. The van der Waals surface area contributed by atoms with Crippen molar-refractivity contribution >= 4 is 0 Å². The van der Waals surface area contributed by atoms with E-state index in [0.717, 1.165) is 6.07 Å². The summed E-state index contributed by atoms with van der Waals surface area (Å²) in [6.45, 7) is 2.30. The summed E-state index contributed by atoms with van der Waals surface area (Å²) in [5, 5.41) is 0. The molecule has 0 aliphatic carbocycles. The number of alkyl halides is 5. The first-order valence-corrected chi connectivity index (χ1v) is 11.3. The van der Waals surface area contributed by atoms with Crippen molar-refractivity contribution in [2.75, 3.05) is 6.61 Å². The molecule has 0 saturated heterocycles. The van der Waals surface area contributed by atoms with Crippen LogP contribution in [0.15, 0.2) is 78.9 Å². The maximum atomic E-state index is 14.9. The third-order valence-electron chi connectivity index (χ3n) is 5.42. The topological polar surface area (TPSA) is 27.7 Å². The zero-order valence-corrected chi connectivity index (χ0v) is 20.0. The van der Waals surface area contributed by atoms with Crippen LogP contribution < -0.4 is 14.2 Å². The zero-order valence-electron chi connectivity index (χ0n) is 20.0. The lowest BCUT2D eigenvalue weighted by molar-refractivity contribution is -0.274. The van der Waals surface area contributed by atoms with Gasteiger partial charge in [-0.15, -0.1) is 13.2 Å². The molecule has 4 aromatic rings. The Morgan fingerprint density at radius 1 is 0.564 bits per heavy atom. The third kappa shape index (κ3) is 6.60. The van der Waals surface area contributed by atoms with E-state index in [1.807, 2.05) is 6.92 Å². The molecule has 3 nitrogen and oxygen atoms in total. The lowest BCUT2D eigenvalue weighted by Crippen LogP contribution is -2.25. The summed E-state index contributed by atoms with van der Waals surface area (Å²) in [5.41, 5.74) is -1.23. The first-order valence-electron chi connectivity index (χ1n) is 11.3. The van der Waals surface area contributed by atoms with Gasteiger partial charge in [0, 0.05) is 5.56 Å². The molecule has 0 heterocycles. The molecule has 0 bridgehead atoms. The second kappa shape index (κ2) is 10.8. The molecule has 0 unspecified atom stereocenters. The van der Waals surface area contributed by atoms with E-state index in [-0.39, 0.29) is 11.1 Å². The second-order valence-electron chi connectivity index (χ2n) is 8.10. The molecule has 0 saturated carbocycles. The Morgan fingerprint density at radius 2 is 1.05 bits per heavy atom. The average Bonchev–Trinajstić information content (AvgIpc) is 2.84. The first-order chi connectivity index (χ1) is 18.4. The number of rotatable bonds is 8. The monoisotopic (exact) mass is 554 g/mol. The summed E-state index contributed by atoms with van der Waals surface area (Å²) in [6.07, 6.45) is -9.56. The summed E-state index contributed by atoms with van der Waals surface area (Å²) in [7, 11) is 0. The van der Waals surface area contributed by atoms with Gasteiger partial charge in [-0.3, -0.25) is 0 Å². The Labute approximate surface area is 217 Å². The standard InChI is InChI=1S/C28H18F8O3/c1-2-37-19-6-3-16(4-7-19)17-5-12-22(23(29)13-17)18-14-24(30)26(25(31)15-18)27(32,33)38-20-8-10-21(11-9-20)39-28(34,35)36/h3-15H,2H2,1H3. The van der Waals surface area contributed by atoms with E-state index in [1.54, 1.807) is 24.3 Å². The molecule has 0 N–H and O–H groups in total. The molecule has 0 atom stereocenters. The SMILES string of the molecule is CCOc1ccc(-c2ccc(-c3cc(F)c(C(F)(F)Oc4ccc(OC(F)(F)F)cc4)c(F)c3)c(F)c2)cc1. The number of ether oxygens (including phenoxy) is 3. The second-order valence-corrected chi connectivity index (χ2v) is 8.10. The van der Waals surface area contributed by atoms with Crippen LogP contribution in [0, 0.1) is 17.5 Å². The van der Waals surface area contributed by atoms with E-state index in [4.69, 9.17) is 4.74 Å².